The van der Waals surface area contributed by atoms with Crippen molar-refractivity contribution in [3.63, 3.8) is 0 Å². The van der Waals surface area contributed by atoms with Crippen molar-refractivity contribution in [3.8, 4) is 0 Å². The first-order chi connectivity index (χ1) is 3.83. The molecule has 0 aliphatic rings. The van der Waals surface area contributed by atoms with Crippen LogP contribution in [-0.2, 0) is 9.59 Å². The number of rotatable bonds is 0. The summed E-state index contributed by atoms with van der Waals surface area (Å²) in [6.07, 6.45) is 1.50. The van der Waals surface area contributed by atoms with E-state index in [1.807, 2.05) is 0 Å². The van der Waals surface area contributed by atoms with Crippen LogP contribution in [0.4, 0.5) is 0 Å². The van der Waals surface area contributed by atoms with Gasteiger partial charge in [0.1, 0.15) is 0 Å². The van der Waals surface area contributed by atoms with E-state index in [0.29, 0.717) is 0 Å². The second-order valence-electron chi connectivity index (χ2n) is 0.204. The van der Waals surface area contributed by atoms with Gasteiger partial charge in [0.05, 0.1) is 0 Å². The first-order valence-corrected chi connectivity index (χ1v) is 1.41. The molecule has 0 saturated carbocycles. The van der Waals surface area contributed by atoms with Crippen molar-refractivity contribution in [2.24, 2.45) is 0 Å². The molecule has 0 aliphatic carbocycles. The Bertz CT molecular complexity index is 76.2. The lowest BCUT2D eigenvalue weighted by molar-refractivity contribution is 0.562. The van der Waals surface area contributed by atoms with Crippen LogP contribution < -0.4 is 0 Å². The third-order valence-electron chi connectivity index (χ3n) is 0. The molecule has 0 aromatic rings. The minimum absolute atomic E-state index is 0.750. The van der Waals surface area contributed by atoms with E-state index in [2.05, 4.69) is 13.2 Å². The molecule has 2 N–H and O–H groups in total. The van der Waals surface area contributed by atoms with Gasteiger partial charge < -0.3 is 0 Å². The summed E-state index contributed by atoms with van der Waals surface area (Å²) in [5.41, 5.74) is 0. The molecule has 0 rings (SSSR count). The average molecular weight is 114 g/mol. The van der Waals surface area contributed by atoms with E-state index >= 15 is 0 Å². The summed E-state index contributed by atoms with van der Waals surface area (Å²) in [6.45, 7) is 6.00. The van der Waals surface area contributed by atoms with Gasteiger partial charge in [0, 0.05) is 0 Å². The summed E-state index contributed by atoms with van der Waals surface area (Å²) >= 11 is 0. The molecule has 44 valence electrons. The van der Waals surface area contributed by atoms with E-state index in [1.165, 1.54) is 0 Å². The predicted octanol–water partition coefficient (Wildman–Crippen LogP) is 0.604. The number of hydrogen-bond donors (Lipinski definition) is 2. The van der Waals surface area contributed by atoms with Gasteiger partial charge in [-0.15, -0.1) is 13.2 Å². The van der Waals surface area contributed by atoms with Crippen LogP contribution in [0, 0.1) is 10.8 Å². The summed E-state index contributed by atoms with van der Waals surface area (Å²) in [5.74, 6) is 0. The van der Waals surface area contributed by atoms with Gasteiger partial charge in [0.2, 0.25) is 12.2 Å². The molecule has 4 nitrogen and oxygen atoms in total. The largest absolute Gasteiger partial charge is 0.231 e. The Morgan fingerprint density at radius 3 is 1.00 bits per heavy atom. The highest BCUT2D eigenvalue weighted by molar-refractivity contribution is 5.26. The van der Waals surface area contributed by atoms with E-state index < -0.39 is 0 Å². The molecule has 0 aromatic heterocycles. The lowest BCUT2D eigenvalue weighted by Gasteiger charge is -1.02. The van der Waals surface area contributed by atoms with Crippen LogP contribution in [0.25, 0.3) is 0 Å². The average Bonchev–Trinajstić information content (AvgIpc) is 1.75. The van der Waals surface area contributed by atoms with Crippen molar-refractivity contribution in [1.82, 2.24) is 0 Å². The standard InChI is InChI=1S/C2H4.2CHNO/c1-2;2*2-1-3/h1-2H2;2*2H. The number of nitrogens with one attached hydrogen (secondary N) is 2. The highest BCUT2D eigenvalue weighted by atomic mass is 16.1. The van der Waals surface area contributed by atoms with Crippen molar-refractivity contribution in [3.05, 3.63) is 13.2 Å². The van der Waals surface area contributed by atoms with Crippen LogP contribution in [0.15, 0.2) is 13.2 Å². The second kappa shape index (κ2) is 446. The Morgan fingerprint density at radius 1 is 1.00 bits per heavy atom. The zero-order chi connectivity index (χ0) is 7.41. The topological polar surface area (TPSA) is 81.8 Å². The Labute approximate surface area is 46.8 Å². The lowest BCUT2D eigenvalue weighted by atomic mass is 11.3. The molecule has 0 bridgehead atoms. The zero-order valence-electron chi connectivity index (χ0n) is 4.23. The van der Waals surface area contributed by atoms with Crippen molar-refractivity contribution in [1.29, 1.82) is 10.8 Å². The summed E-state index contributed by atoms with van der Waals surface area (Å²) < 4.78 is 0. The third kappa shape index (κ3) is 24.5. The van der Waals surface area contributed by atoms with Gasteiger partial charge in [-0.25, -0.2) is 20.4 Å². The Hall–Kier alpha value is -1.50. The molecular formula is C4H6N2O2. The molecule has 0 atom stereocenters. The number of hydrogen-bond acceptors (Lipinski definition) is 4. The quantitative estimate of drug-likeness (QED) is 0.274. The second-order valence-corrected chi connectivity index (χ2v) is 0.204. The Balaban J connectivity index is -0.0000000483. The molecule has 0 aromatic carbocycles. The normalized spacial score (nSPS) is 2.50. The van der Waals surface area contributed by atoms with Gasteiger partial charge in [-0.2, -0.15) is 0 Å². The van der Waals surface area contributed by atoms with Gasteiger partial charge in [-0.05, 0) is 0 Å². The maximum Gasteiger partial charge on any atom is 0.231 e. The molecule has 8 heavy (non-hydrogen) atoms. The van der Waals surface area contributed by atoms with Gasteiger partial charge in [-0.3, -0.25) is 0 Å². The highest BCUT2D eigenvalue weighted by Crippen LogP contribution is 0.872. The van der Waals surface area contributed by atoms with E-state index in [1.54, 1.807) is 0 Å². The van der Waals surface area contributed by atoms with E-state index in [4.69, 9.17) is 20.4 Å². The smallest absolute Gasteiger partial charge is 0.222 e. The molecule has 0 amide bonds. The third-order valence-corrected chi connectivity index (χ3v) is 0. The first-order valence-electron chi connectivity index (χ1n) is 1.41. The fourth-order valence-corrected chi connectivity index (χ4v) is 0. The van der Waals surface area contributed by atoms with Gasteiger partial charge >= 0.3 is 0 Å². The van der Waals surface area contributed by atoms with Crippen LogP contribution in [0.5, 0.6) is 0 Å². The van der Waals surface area contributed by atoms with Crippen LogP contribution in [-0.4, -0.2) is 12.2 Å². The molecule has 0 saturated heterocycles. The summed E-state index contributed by atoms with van der Waals surface area (Å²) in [4.78, 5) is 16.7. The van der Waals surface area contributed by atoms with Crippen LogP contribution in [0.2, 0.25) is 0 Å². The molecule has 0 aliphatic heterocycles. The minimum atomic E-state index is 0.750. The molecule has 0 radical (unpaired) electrons. The SMILES string of the molecule is C=C.N=C=O.N=C=O. The summed E-state index contributed by atoms with van der Waals surface area (Å²) in [7, 11) is 0. The molecule has 0 fully saturated rings. The Kier molecular flexibility index (Phi) is 894. The van der Waals surface area contributed by atoms with Crippen molar-refractivity contribution >= 4 is 12.2 Å². The van der Waals surface area contributed by atoms with Crippen LogP contribution in [0.3, 0.4) is 0 Å². The molecule has 0 heterocycles. The fourth-order valence-electron chi connectivity index (χ4n) is 0. The highest BCUT2D eigenvalue weighted by Gasteiger charge is 1.04. The fraction of sp³-hybridized carbons (Fsp3) is 0. The maximum absolute atomic E-state index is 8.35. The number of carbonyl (C=O) groups excluding carboxylic acids is 2. The van der Waals surface area contributed by atoms with E-state index in [0.717, 1.165) is 12.2 Å². The van der Waals surface area contributed by atoms with Crippen molar-refractivity contribution < 1.29 is 9.59 Å². The summed E-state index contributed by atoms with van der Waals surface area (Å²) in [6, 6.07) is 0. The summed E-state index contributed by atoms with van der Waals surface area (Å²) in [5, 5.41) is 10.8. The van der Waals surface area contributed by atoms with E-state index in [9.17, 15) is 0 Å². The molecule has 0 unspecified atom stereocenters. The van der Waals surface area contributed by atoms with Crippen LogP contribution >= 0.6 is 0 Å². The Morgan fingerprint density at radius 2 is 1.00 bits per heavy atom. The molecule has 0 spiro atoms. The first kappa shape index (κ1) is 16.1. The van der Waals surface area contributed by atoms with Crippen molar-refractivity contribution in [2.75, 3.05) is 0 Å². The molecular weight excluding hydrogens is 108 g/mol. The lowest BCUT2D eigenvalue weighted by Crippen LogP contribution is -1.16. The van der Waals surface area contributed by atoms with E-state index in [-0.39, 0.29) is 0 Å². The monoisotopic (exact) mass is 114 g/mol. The van der Waals surface area contributed by atoms with Gasteiger partial charge in [0.15, 0.2) is 0 Å². The zero-order valence-corrected chi connectivity index (χ0v) is 4.23. The van der Waals surface area contributed by atoms with Crippen LogP contribution in [0.1, 0.15) is 0 Å². The predicted molar refractivity (Wildman–Crippen MR) is 28.1 cm³/mol. The van der Waals surface area contributed by atoms with Gasteiger partial charge in [0.25, 0.3) is 0 Å². The number of isocyanates is 2. The molecule has 4 heteroatoms. The van der Waals surface area contributed by atoms with Gasteiger partial charge in [-0.1, -0.05) is 0 Å². The minimum Gasteiger partial charge on any atom is -0.222 e. The maximum atomic E-state index is 8.35. The van der Waals surface area contributed by atoms with Crippen molar-refractivity contribution in [2.45, 2.75) is 0 Å².